The third-order valence-corrected chi connectivity index (χ3v) is 13.9. The summed E-state index contributed by atoms with van der Waals surface area (Å²) in [4.78, 5) is 2.63. The van der Waals surface area contributed by atoms with Crippen molar-refractivity contribution in [3.63, 3.8) is 0 Å². The van der Waals surface area contributed by atoms with Crippen LogP contribution in [0.25, 0.3) is 82.4 Å². The predicted octanol–water partition coefficient (Wildman–Crippen LogP) is 15.2. The number of nitrogens with zero attached hydrogens (tertiary/aromatic N) is 2. The van der Waals surface area contributed by atoms with Crippen molar-refractivity contribution in [1.82, 2.24) is 4.57 Å². The molecule has 0 amide bonds. The summed E-state index contributed by atoms with van der Waals surface area (Å²) in [5.74, 6) is 0. The highest BCUT2D eigenvalue weighted by Crippen LogP contribution is 2.49. The summed E-state index contributed by atoms with van der Waals surface area (Å²) in [6, 6.07) is 16.6. The second-order valence-corrected chi connectivity index (χ2v) is 17.5. The summed E-state index contributed by atoms with van der Waals surface area (Å²) in [6.07, 6.45) is 0. The predicted molar refractivity (Wildman–Crippen MR) is 287 cm³/mol. The van der Waals surface area contributed by atoms with Crippen LogP contribution >= 0.6 is 11.8 Å². The average Bonchev–Trinajstić information content (AvgIpc) is 1.82. The Bertz CT molecular complexity index is 5150. The summed E-state index contributed by atoms with van der Waals surface area (Å²) >= 11 is 1.09. The number of rotatable bonds is 5. The smallest absolute Gasteiger partial charge is 0.249 e. The van der Waals surface area contributed by atoms with Crippen molar-refractivity contribution in [3.05, 3.63) is 236 Å². The monoisotopic (exact) mass is 890 g/mol. The molecule has 4 heteroatoms. The first-order chi connectivity index (χ1) is 42.3. The van der Waals surface area contributed by atoms with Crippen LogP contribution in [0.5, 0.6) is 0 Å². The van der Waals surface area contributed by atoms with E-state index in [-0.39, 0.29) is 83.4 Å². The molecule has 0 spiro atoms. The first-order valence-electron chi connectivity index (χ1n) is 32.4. The zero-order valence-corrected chi connectivity index (χ0v) is 35.9. The molecule has 0 bridgehead atoms. The molecule has 3 heterocycles. The van der Waals surface area contributed by atoms with Crippen LogP contribution in [0, 0.1) is 6.92 Å². The van der Waals surface area contributed by atoms with Crippen LogP contribution in [-0.2, 0) is 0 Å². The maximum atomic E-state index is 9.70. The number of hydrogen-bond acceptors (Lipinski definition) is 2. The lowest BCUT2D eigenvalue weighted by Crippen LogP contribution is -2.60. The molecule has 14 rings (SSSR count). The Kier molecular flexibility index (Phi) is 5.02. The van der Waals surface area contributed by atoms with E-state index in [0.29, 0.717) is 38.3 Å². The van der Waals surface area contributed by atoms with Crippen LogP contribution in [0.15, 0.2) is 240 Å². The lowest BCUT2D eigenvalue weighted by molar-refractivity contribution is 1.17. The maximum absolute atomic E-state index is 9.70. The Labute approximate surface area is 425 Å². The quantitative estimate of drug-likeness (QED) is 0.126. The molecule has 2 aliphatic heterocycles. The van der Waals surface area contributed by atoms with E-state index < -0.39 is 128 Å². The van der Waals surface area contributed by atoms with Gasteiger partial charge >= 0.3 is 0 Å². The molecule has 67 heavy (non-hydrogen) atoms. The van der Waals surface area contributed by atoms with Gasteiger partial charge in [-0.1, -0.05) is 199 Å². The molecule has 0 N–H and O–H groups in total. The van der Waals surface area contributed by atoms with Crippen molar-refractivity contribution >= 4 is 95.3 Å². The highest BCUT2D eigenvalue weighted by Gasteiger charge is 2.43. The zero-order valence-electron chi connectivity index (χ0n) is 57.1. The molecule has 11 aromatic carbocycles. The fraction of sp³-hybridized carbons (Fsp3) is 0.0159. The minimum absolute atomic E-state index is 0.00603. The first kappa shape index (κ1) is 22.4. The minimum Gasteiger partial charge on any atom is -0.311 e. The Morgan fingerprint density at radius 1 is 0.478 bits per heavy atom. The van der Waals surface area contributed by atoms with Crippen molar-refractivity contribution in [2.75, 3.05) is 4.90 Å². The largest absolute Gasteiger partial charge is 0.311 e. The molecule has 0 atom stereocenters. The van der Waals surface area contributed by atoms with E-state index in [9.17, 15) is 13.7 Å². The van der Waals surface area contributed by atoms with E-state index >= 15 is 0 Å². The Morgan fingerprint density at radius 2 is 1.18 bits per heavy atom. The van der Waals surface area contributed by atoms with E-state index in [2.05, 4.69) is 0 Å². The number of hydrogen-bond donors (Lipinski definition) is 0. The standard InChI is InChI=1S/C63H41BN2S/c1-40-28-32-51-50-25-13-14-26-55(50)65(58(51)34-40)48-38-52(43-20-9-4-10-21-43)63-54(39-48)64-53-35-46(41-16-5-2-6-17-41)31-33-56(53)66(57-27-15-23-45-30-29-44-22-11-12-24-49(44)61(45)57)59-36-47(37-60(67-63)62(59)64)42-18-7-3-8-19-42/h2-39H,1H3/i2D,3D,4D,5D,6D,7D,8D,9D,10D,13D,14D,16D,17D,18D,19D,20D,21D,25D,26D,28D,32D,34D. The molecule has 0 fully saturated rings. The fourth-order valence-corrected chi connectivity index (χ4v) is 11.3. The molecule has 12 aromatic rings. The average molecular weight is 891 g/mol. The van der Waals surface area contributed by atoms with E-state index in [1.807, 2.05) is 59.5 Å². The van der Waals surface area contributed by atoms with Crippen molar-refractivity contribution < 1.29 is 30.2 Å². The number of para-hydroxylation sites is 1. The van der Waals surface area contributed by atoms with Gasteiger partial charge in [-0.05, 0) is 121 Å². The Balaban J connectivity index is 1.21. The number of aromatic nitrogens is 1. The molecular weight excluding hydrogens is 828 g/mol. The van der Waals surface area contributed by atoms with Crippen LogP contribution < -0.4 is 21.3 Å². The number of anilines is 3. The molecule has 0 aliphatic carbocycles. The number of benzene rings is 11. The van der Waals surface area contributed by atoms with Crippen LogP contribution in [0.4, 0.5) is 17.1 Å². The van der Waals surface area contributed by atoms with Crippen molar-refractivity contribution in [3.8, 4) is 39.1 Å². The molecule has 0 saturated carbocycles. The second-order valence-electron chi connectivity index (χ2n) is 16.4. The molecule has 0 unspecified atom stereocenters. The number of fused-ring (bicyclic) bond motifs is 10. The Morgan fingerprint density at radius 3 is 2.00 bits per heavy atom. The van der Waals surface area contributed by atoms with E-state index in [0.717, 1.165) is 33.3 Å². The third-order valence-electron chi connectivity index (χ3n) is 12.7. The molecular formula is C63H41BN2S. The molecule has 0 radical (unpaired) electrons. The molecule has 0 saturated heterocycles. The van der Waals surface area contributed by atoms with Crippen LogP contribution in [0.3, 0.4) is 0 Å². The van der Waals surface area contributed by atoms with E-state index in [1.165, 1.54) is 17.6 Å². The van der Waals surface area contributed by atoms with Gasteiger partial charge in [0.05, 0.1) is 46.9 Å². The van der Waals surface area contributed by atoms with Gasteiger partial charge in [-0.3, -0.25) is 0 Å². The third kappa shape index (κ3) is 5.93. The Hall–Kier alpha value is -8.05. The maximum Gasteiger partial charge on any atom is 0.249 e. The van der Waals surface area contributed by atoms with Gasteiger partial charge in [0.25, 0.3) is 0 Å². The van der Waals surface area contributed by atoms with Crippen LogP contribution in [0.2, 0.25) is 0 Å². The van der Waals surface area contributed by atoms with Gasteiger partial charge < -0.3 is 9.47 Å². The SMILES string of the molecule is [2H]c1c([2H])c([2H])c(-c2ccc3c(c2)B2c4cc(-n5c6c([2H])c([2H])c([2H])c([2H])c6c6c([2H])c([2H])c(C)c([2H])c65)cc(-c5c([2H])c([2H])c([2H])c([2H])c5[2H])c4Sc4cc(-c5c([2H])c([2H])c([2H])c([2H])c5[2H])cc(c42)N3c2cccc3ccc4ccccc4c23)c([2H])c1[2H]. The van der Waals surface area contributed by atoms with Gasteiger partial charge in [-0.2, -0.15) is 0 Å². The van der Waals surface area contributed by atoms with Gasteiger partial charge in [0, 0.05) is 43.0 Å². The zero-order chi connectivity index (χ0) is 63.3. The van der Waals surface area contributed by atoms with Gasteiger partial charge in [-0.15, -0.1) is 0 Å². The van der Waals surface area contributed by atoms with Crippen molar-refractivity contribution in [2.45, 2.75) is 16.7 Å². The van der Waals surface area contributed by atoms with E-state index in [4.69, 9.17) is 16.4 Å². The molecule has 312 valence electrons. The first-order valence-corrected chi connectivity index (χ1v) is 22.2. The summed E-state index contributed by atoms with van der Waals surface area (Å²) in [5, 5.41) is 3.04. The minimum atomic E-state index is -1.11. The molecule has 2 nitrogen and oxygen atoms in total. The van der Waals surface area contributed by atoms with Gasteiger partial charge in [-0.25, -0.2) is 0 Å². The second kappa shape index (κ2) is 15.0. The lowest BCUT2D eigenvalue weighted by Gasteiger charge is -2.41. The summed E-state index contributed by atoms with van der Waals surface area (Å²) in [6.45, 7) is 0.358. The lowest BCUT2D eigenvalue weighted by atomic mass is 9.34. The van der Waals surface area contributed by atoms with Crippen LogP contribution in [0.1, 0.15) is 35.7 Å². The van der Waals surface area contributed by atoms with Gasteiger partial charge in [0.15, 0.2) is 0 Å². The summed E-state index contributed by atoms with van der Waals surface area (Å²) in [5.41, 5.74) is 2.30. The molecule has 2 aliphatic rings. The van der Waals surface area contributed by atoms with Crippen molar-refractivity contribution in [1.29, 1.82) is 0 Å². The highest BCUT2D eigenvalue weighted by molar-refractivity contribution is 8.00. The van der Waals surface area contributed by atoms with Gasteiger partial charge in [0.2, 0.25) is 6.71 Å². The van der Waals surface area contributed by atoms with Gasteiger partial charge in [0.1, 0.15) is 0 Å². The van der Waals surface area contributed by atoms with Crippen molar-refractivity contribution in [2.24, 2.45) is 0 Å². The topological polar surface area (TPSA) is 8.17 Å². The fourth-order valence-electron chi connectivity index (χ4n) is 9.98. The molecule has 1 aromatic heterocycles. The summed E-state index contributed by atoms with van der Waals surface area (Å²) in [7, 11) is 0. The van der Waals surface area contributed by atoms with Crippen LogP contribution in [-0.4, -0.2) is 11.3 Å². The highest BCUT2D eigenvalue weighted by atomic mass is 32.2. The van der Waals surface area contributed by atoms with E-state index in [1.54, 1.807) is 36.4 Å². The summed E-state index contributed by atoms with van der Waals surface area (Å²) < 4.78 is 202. The normalized spacial score (nSPS) is 17.3.